The van der Waals surface area contributed by atoms with Crippen LogP contribution in [-0.2, 0) is 14.8 Å². The minimum absolute atomic E-state index is 0.0806. The highest BCUT2D eigenvalue weighted by Crippen LogP contribution is 2.30. The van der Waals surface area contributed by atoms with Gasteiger partial charge in [-0.3, -0.25) is 0 Å². The zero-order valence-electron chi connectivity index (χ0n) is 16.1. The van der Waals surface area contributed by atoms with Crippen LogP contribution in [0.1, 0.15) is 11.1 Å². The Balaban J connectivity index is 1.86. The second-order valence-corrected chi connectivity index (χ2v) is 7.62. The van der Waals surface area contributed by atoms with Gasteiger partial charge in [-0.25, -0.2) is 9.40 Å². The summed E-state index contributed by atoms with van der Waals surface area (Å²) in [6.45, 7) is 0.733. The van der Waals surface area contributed by atoms with Crippen molar-refractivity contribution in [3.05, 3.63) is 53.3 Å². The van der Waals surface area contributed by atoms with Crippen LogP contribution in [0.5, 0.6) is 11.5 Å². The zero-order valence-corrected chi connectivity index (χ0v) is 16.9. The summed E-state index contributed by atoms with van der Waals surface area (Å²) in [6, 6.07) is 8.88. The smallest absolute Gasteiger partial charge is 0.285 e. The van der Waals surface area contributed by atoms with Crippen LogP contribution in [0, 0.1) is 5.82 Å². The van der Waals surface area contributed by atoms with Gasteiger partial charge in [-0.05, 0) is 35.9 Å². The first kappa shape index (κ1) is 20.7. The van der Waals surface area contributed by atoms with E-state index in [4.69, 9.17) is 14.2 Å². The van der Waals surface area contributed by atoms with Gasteiger partial charge in [0.05, 0.1) is 19.9 Å². The lowest BCUT2D eigenvalue weighted by molar-refractivity contribution is 0.146. The first-order valence-electron chi connectivity index (χ1n) is 8.58. The first-order chi connectivity index (χ1) is 13.9. The molecule has 0 spiro atoms. The highest BCUT2D eigenvalue weighted by atomic mass is 32.2. The minimum atomic E-state index is -3.82. The Morgan fingerprint density at radius 1 is 1.17 bits per heavy atom. The summed E-state index contributed by atoms with van der Waals surface area (Å²) in [6.07, 6.45) is 1.45. The molecule has 0 saturated carbocycles. The van der Waals surface area contributed by atoms with Crippen molar-refractivity contribution in [2.24, 2.45) is 9.50 Å². The SMILES string of the molecule is COCCOc1ccc2c(c1)C(N(C)/N=C/c1ccc(F)c(OC)c1)=NS2(=O)=O. The topological polar surface area (TPSA) is 89.8 Å². The van der Waals surface area contributed by atoms with Crippen molar-refractivity contribution in [1.82, 2.24) is 5.01 Å². The van der Waals surface area contributed by atoms with Crippen LogP contribution in [0.15, 0.2) is 50.8 Å². The van der Waals surface area contributed by atoms with E-state index < -0.39 is 15.8 Å². The van der Waals surface area contributed by atoms with Gasteiger partial charge in [-0.2, -0.15) is 13.5 Å². The number of sulfonamides is 1. The number of hydrogen-bond acceptors (Lipinski definition) is 7. The van der Waals surface area contributed by atoms with E-state index in [1.807, 2.05) is 0 Å². The maximum absolute atomic E-state index is 13.5. The Labute approximate surface area is 168 Å². The highest BCUT2D eigenvalue weighted by molar-refractivity contribution is 7.90. The third-order valence-corrected chi connectivity index (χ3v) is 5.42. The molecular formula is C19H20FN3O5S. The van der Waals surface area contributed by atoms with Gasteiger partial charge in [0.15, 0.2) is 17.4 Å². The summed E-state index contributed by atoms with van der Waals surface area (Å²) >= 11 is 0. The number of amidine groups is 1. The second-order valence-electron chi connectivity index (χ2n) is 6.05. The largest absolute Gasteiger partial charge is 0.494 e. The van der Waals surface area contributed by atoms with Gasteiger partial charge in [0.1, 0.15) is 17.3 Å². The van der Waals surface area contributed by atoms with Crippen molar-refractivity contribution in [3.63, 3.8) is 0 Å². The summed E-state index contributed by atoms with van der Waals surface area (Å²) in [7, 11) is 0.681. The Morgan fingerprint density at radius 3 is 2.69 bits per heavy atom. The number of benzene rings is 2. The van der Waals surface area contributed by atoms with Crippen molar-refractivity contribution in [2.45, 2.75) is 4.90 Å². The summed E-state index contributed by atoms with van der Waals surface area (Å²) < 4.78 is 57.5. The summed E-state index contributed by atoms with van der Waals surface area (Å²) in [5.41, 5.74) is 0.963. The maximum Gasteiger partial charge on any atom is 0.285 e. The third kappa shape index (κ3) is 4.54. The minimum Gasteiger partial charge on any atom is -0.494 e. The lowest BCUT2D eigenvalue weighted by atomic mass is 10.2. The quantitative estimate of drug-likeness (QED) is 0.387. The molecule has 0 aromatic heterocycles. The number of hydrazone groups is 1. The van der Waals surface area contributed by atoms with Gasteiger partial charge in [-0.1, -0.05) is 6.07 Å². The van der Waals surface area contributed by atoms with E-state index in [0.29, 0.717) is 30.1 Å². The summed E-state index contributed by atoms with van der Waals surface area (Å²) in [4.78, 5) is 0.0806. The standard InChI is InChI=1S/C19H20FN3O5S/c1-23(21-12-13-4-6-16(20)17(10-13)27-3)19-15-11-14(28-9-8-26-2)5-7-18(15)29(24,25)22-19/h4-7,10-12H,8-9H2,1-3H3/b21-12+. The van der Waals surface area contributed by atoms with Crippen LogP contribution in [0.25, 0.3) is 0 Å². The molecule has 1 aliphatic rings. The summed E-state index contributed by atoms with van der Waals surface area (Å²) in [5, 5.41) is 5.56. The van der Waals surface area contributed by atoms with Crippen molar-refractivity contribution in [3.8, 4) is 11.5 Å². The molecule has 0 aliphatic carbocycles. The molecular weight excluding hydrogens is 401 g/mol. The van der Waals surface area contributed by atoms with Crippen LogP contribution in [0.3, 0.4) is 0 Å². The number of halogens is 1. The van der Waals surface area contributed by atoms with Crippen LogP contribution in [0.4, 0.5) is 4.39 Å². The lowest BCUT2D eigenvalue weighted by Gasteiger charge is -2.13. The number of hydrogen-bond donors (Lipinski definition) is 0. The van der Waals surface area contributed by atoms with E-state index in [1.165, 1.54) is 42.6 Å². The number of methoxy groups -OCH3 is 2. The molecule has 0 N–H and O–H groups in total. The monoisotopic (exact) mass is 421 g/mol. The Kier molecular flexibility index (Phi) is 6.14. The molecule has 154 valence electrons. The van der Waals surface area contributed by atoms with Gasteiger partial charge in [0, 0.05) is 19.7 Å². The Hall–Kier alpha value is -2.98. The van der Waals surface area contributed by atoms with E-state index >= 15 is 0 Å². The fourth-order valence-corrected chi connectivity index (χ4v) is 3.86. The number of fused-ring (bicyclic) bond motifs is 1. The molecule has 0 amide bonds. The second kappa shape index (κ2) is 8.58. The molecule has 2 aromatic rings. The molecule has 29 heavy (non-hydrogen) atoms. The van der Waals surface area contributed by atoms with Crippen molar-refractivity contribution in [1.29, 1.82) is 0 Å². The molecule has 0 fully saturated rings. The summed E-state index contributed by atoms with van der Waals surface area (Å²) in [5.74, 6) is 0.244. The van der Waals surface area contributed by atoms with Crippen molar-refractivity contribution < 1.29 is 27.0 Å². The predicted molar refractivity (Wildman–Crippen MR) is 106 cm³/mol. The van der Waals surface area contributed by atoms with Crippen LogP contribution in [-0.4, -0.2) is 60.0 Å². The Morgan fingerprint density at radius 2 is 1.97 bits per heavy atom. The van der Waals surface area contributed by atoms with Crippen LogP contribution >= 0.6 is 0 Å². The lowest BCUT2D eigenvalue weighted by Crippen LogP contribution is -2.21. The van der Waals surface area contributed by atoms with Crippen molar-refractivity contribution in [2.75, 3.05) is 34.5 Å². The molecule has 8 nitrogen and oxygen atoms in total. The maximum atomic E-state index is 13.5. The van der Waals surface area contributed by atoms with Crippen LogP contribution < -0.4 is 9.47 Å². The Bertz CT molecular complexity index is 1070. The van der Waals surface area contributed by atoms with E-state index in [0.717, 1.165) is 0 Å². The molecule has 0 saturated heterocycles. The average molecular weight is 421 g/mol. The molecule has 0 radical (unpaired) electrons. The predicted octanol–water partition coefficient (Wildman–Crippen LogP) is 2.27. The van der Waals surface area contributed by atoms with Crippen molar-refractivity contribution >= 4 is 22.1 Å². The van der Waals surface area contributed by atoms with Gasteiger partial charge in [-0.15, -0.1) is 4.40 Å². The van der Waals surface area contributed by atoms with Gasteiger partial charge in [0.25, 0.3) is 10.0 Å². The van der Waals surface area contributed by atoms with E-state index in [2.05, 4.69) is 9.50 Å². The molecule has 1 aliphatic heterocycles. The fraction of sp³-hybridized carbons (Fsp3) is 0.263. The normalized spacial score (nSPS) is 14.6. The van der Waals surface area contributed by atoms with Gasteiger partial charge >= 0.3 is 0 Å². The fourth-order valence-electron chi connectivity index (χ4n) is 2.65. The zero-order chi connectivity index (χ0) is 21.0. The van der Waals surface area contributed by atoms with E-state index in [-0.39, 0.29) is 16.5 Å². The van der Waals surface area contributed by atoms with E-state index in [1.54, 1.807) is 26.3 Å². The van der Waals surface area contributed by atoms with E-state index in [9.17, 15) is 12.8 Å². The van der Waals surface area contributed by atoms with Gasteiger partial charge < -0.3 is 14.2 Å². The molecule has 0 atom stereocenters. The third-order valence-electron chi connectivity index (χ3n) is 4.09. The number of rotatable bonds is 7. The first-order valence-corrected chi connectivity index (χ1v) is 10.0. The molecule has 10 heteroatoms. The molecule has 0 bridgehead atoms. The van der Waals surface area contributed by atoms with Crippen LogP contribution in [0.2, 0.25) is 0 Å². The van der Waals surface area contributed by atoms with Gasteiger partial charge in [0.2, 0.25) is 0 Å². The highest BCUT2D eigenvalue weighted by Gasteiger charge is 2.31. The molecule has 0 unspecified atom stereocenters. The average Bonchev–Trinajstić information content (AvgIpc) is 2.98. The molecule has 1 heterocycles. The number of nitrogens with zero attached hydrogens (tertiary/aromatic N) is 3. The molecule has 2 aromatic carbocycles. The molecule has 3 rings (SSSR count). The number of ether oxygens (including phenoxy) is 3.